The Morgan fingerprint density at radius 3 is 2.89 bits per heavy atom. The molecule has 1 atom stereocenters. The second-order valence-corrected chi connectivity index (χ2v) is 5.77. The molecule has 1 aromatic carbocycles. The molecule has 2 aliphatic heterocycles. The largest absolute Gasteiger partial charge is 0.371 e. The van der Waals surface area contributed by atoms with E-state index in [0.717, 1.165) is 39.0 Å². The fourth-order valence-electron chi connectivity index (χ4n) is 3.11. The van der Waals surface area contributed by atoms with E-state index < -0.39 is 0 Å². The number of carbonyl (C=O) groups is 1. The Kier molecular flexibility index (Phi) is 3.19. The number of anilines is 1. The molecule has 3 rings (SSSR count). The third-order valence-corrected chi connectivity index (χ3v) is 4.35. The van der Waals surface area contributed by atoms with Crippen LogP contribution in [-0.2, 0) is 17.8 Å². The lowest BCUT2D eigenvalue weighted by atomic mass is 9.99. The van der Waals surface area contributed by atoms with Crippen molar-refractivity contribution in [3.63, 3.8) is 0 Å². The van der Waals surface area contributed by atoms with Crippen LogP contribution in [0.1, 0.15) is 17.5 Å². The molecule has 0 radical (unpaired) electrons. The van der Waals surface area contributed by atoms with E-state index in [1.807, 2.05) is 0 Å². The van der Waals surface area contributed by atoms with Gasteiger partial charge in [0.2, 0.25) is 5.91 Å². The van der Waals surface area contributed by atoms with Crippen molar-refractivity contribution >= 4 is 11.6 Å². The van der Waals surface area contributed by atoms with E-state index in [-0.39, 0.29) is 11.8 Å². The van der Waals surface area contributed by atoms with Gasteiger partial charge in [0.05, 0.1) is 5.92 Å². The van der Waals surface area contributed by atoms with Crippen molar-refractivity contribution in [3.05, 3.63) is 29.3 Å². The molecule has 2 aliphatic rings. The summed E-state index contributed by atoms with van der Waals surface area (Å²) < 4.78 is 0. The van der Waals surface area contributed by atoms with Gasteiger partial charge in [0.25, 0.3) is 0 Å². The highest BCUT2D eigenvalue weighted by Gasteiger charge is 2.27. The van der Waals surface area contributed by atoms with Crippen molar-refractivity contribution < 1.29 is 4.79 Å². The van der Waals surface area contributed by atoms with Crippen LogP contribution in [0.5, 0.6) is 0 Å². The number of likely N-dealkylation sites (N-methyl/N-ethyl adjacent to an activating group) is 1. The Labute approximate surface area is 114 Å². The van der Waals surface area contributed by atoms with E-state index in [4.69, 9.17) is 5.73 Å². The van der Waals surface area contributed by atoms with Crippen LogP contribution in [0.25, 0.3) is 0 Å². The second-order valence-electron chi connectivity index (χ2n) is 5.77. The Hall–Kier alpha value is -1.55. The molecule has 0 bridgehead atoms. The first kappa shape index (κ1) is 12.5. The summed E-state index contributed by atoms with van der Waals surface area (Å²) in [6.45, 7) is 3.86. The Morgan fingerprint density at radius 2 is 2.16 bits per heavy atom. The molecule has 1 unspecified atom stereocenters. The fourth-order valence-corrected chi connectivity index (χ4v) is 3.11. The minimum atomic E-state index is -0.166. The van der Waals surface area contributed by atoms with Gasteiger partial charge in [-0.2, -0.15) is 0 Å². The first-order valence-corrected chi connectivity index (χ1v) is 6.98. The zero-order valence-electron chi connectivity index (χ0n) is 11.4. The van der Waals surface area contributed by atoms with E-state index in [9.17, 15) is 4.79 Å². The molecule has 1 saturated heterocycles. The van der Waals surface area contributed by atoms with Crippen LogP contribution < -0.4 is 10.6 Å². The molecule has 0 saturated carbocycles. The third kappa shape index (κ3) is 2.45. The van der Waals surface area contributed by atoms with Gasteiger partial charge in [-0.3, -0.25) is 4.79 Å². The van der Waals surface area contributed by atoms with Gasteiger partial charge >= 0.3 is 0 Å². The topological polar surface area (TPSA) is 49.6 Å². The molecule has 1 amide bonds. The second kappa shape index (κ2) is 4.85. The van der Waals surface area contributed by atoms with Gasteiger partial charge < -0.3 is 15.5 Å². The Morgan fingerprint density at radius 1 is 1.32 bits per heavy atom. The number of primary amides is 1. The monoisotopic (exact) mass is 259 g/mol. The van der Waals surface area contributed by atoms with E-state index >= 15 is 0 Å². The maximum atomic E-state index is 11.2. The number of nitrogens with zero attached hydrogens (tertiary/aromatic N) is 2. The highest BCUT2D eigenvalue weighted by Crippen LogP contribution is 2.28. The van der Waals surface area contributed by atoms with Crippen molar-refractivity contribution in [2.45, 2.75) is 19.4 Å². The molecule has 4 heteroatoms. The number of fused-ring (bicyclic) bond motifs is 1. The van der Waals surface area contributed by atoms with Crippen LogP contribution in [0.2, 0.25) is 0 Å². The van der Waals surface area contributed by atoms with E-state index in [2.05, 4.69) is 35.0 Å². The molecule has 1 aromatic rings. The lowest BCUT2D eigenvalue weighted by Gasteiger charge is -2.27. The highest BCUT2D eigenvalue weighted by atomic mass is 16.1. The van der Waals surface area contributed by atoms with Crippen LogP contribution in [0, 0.1) is 5.92 Å². The van der Waals surface area contributed by atoms with Crippen molar-refractivity contribution in [2.75, 3.05) is 31.6 Å². The molecule has 102 valence electrons. The molecule has 4 nitrogen and oxygen atoms in total. The highest BCUT2D eigenvalue weighted by molar-refractivity contribution is 5.78. The summed E-state index contributed by atoms with van der Waals surface area (Å²) >= 11 is 0. The maximum absolute atomic E-state index is 11.2. The van der Waals surface area contributed by atoms with Gasteiger partial charge in [-0.25, -0.2) is 0 Å². The number of amides is 1. The normalized spacial score (nSPS) is 23.4. The van der Waals surface area contributed by atoms with Crippen LogP contribution in [0.4, 0.5) is 5.69 Å². The van der Waals surface area contributed by atoms with E-state index in [1.165, 1.54) is 16.8 Å². The molecule has 1 fully saturated rings. The molecule has 19 heavy (non-hydrogen) atoms. The quantitative estimate of drug-likeness (QED) is 0.861. The Bertz CT molecular complexity index is 500. The van der Waals surface area contributed by atoms with Crippen LogP contribution in [-0.4, -0.2) is 37.5 Å². The van der Waals surface area contributed by atoms with Crippen molar-refractivity contribution in [1.82, 2.24) is 4.90 Å². The summed E-state index contributed by atoms with van der Waals surface area (Å²) in [5.41, 5.74) is 9.52. The summed E-state index contributed by atoms with van der Waals surface area (Å²) in [5.74, 6) is -0.154. The smallest absolute Gasteiger partial charge is 0.222 e. The predicted molar refractivity (Wildman–Crippen MR) is 76.0 cm³/mol. The SMILES string of the molecule is CN1CCc2ccc(N3CCC(C(N)=O)C3)cc2C1. The van der Waals surface area contributed by atoms with Crippen LogP contribution >= 0.6 is 0 Å². The van der Waals surface area contributed by atoms with E-state index in [0.29, 0.717) is 0 Å². The average molecular weight is 259 g/mol. The molecule has 0 aliphatic carbocycles. The van der Waals surface area contributed by atoms with Crippen molar-refractivity contribution in [1.29, 1.82) is 0 Å². The van der Waals surface area contributed by atoms with Crippen molar-refractivity contribution in [2.24, 2.45) is 11.7 Å². The van der Waals surface area contributed by atoms with Gasteiger partial charge in [-0.1, -0.05) is 6.07 Å². The lowest BCUT2D eigenvalue weighted by Crippen LogP contribution is -2.28. The lowest BCUT2D eigenvalue weighted by molar-refractivity contribution is -0.121. The van der Waals surface area contributed by atoms with Gasteiger partial charge in [0.1, 0.15) is 0 Å². The molecule has 0 aromatic heterocycles. The predicted octanol–water partition coefficient (Wildman–Crippen LogP) is 0.986. The molecule has 2 N–H and O–H groups in total. The number of rotatable bonds is 2. The van der Waals surface area contributed by atoms with Gasteiger partial charge in [-0.05, 0) is 43.1 Å². The number of nitrogens with two attached hydrogens (primary N) is 1. The summed E-state index contributed by atoms with van der Waals surface area (Å²) in [7, 11) is 2.16. The maximum Gasteiger partial charge on any atom is 0.222 e. The number of benzene rings is 1. The summed E-state index contributed by atoms with van der Waals surface area (Å²) in [6.07, 6.45) is 2.02. The van der Waals surface area contributed by atoms with Gasteiger partial charge in [-0.15, -0.1) is 0 Å². The molecular formula is C15H21N3O. The first-order chi connectivity index (χ1) is 9.13. The first-order valence-electron chi connectivity index (χ1n) is 6.98. The number of hydrogen-bond acceptors (Lipinski definition) is 3. The minimum absolute atomic E-state index is 0.0127. The summed E-state index contributed by atoms with van der Waals surface area (Å²) in [6, 6.07) is 6.72. The molecule has 0 spiro atoms. The number of hydrogen-bond donors (Lipinski definition) is 1. The Balaban J connectivity index is 1.79. The van der Waals surface area contributed by atoms with Crippen LogP contribution in [0.15, 0.2) is 18.2 Å². The zero-order valence-corrected chi connectivity index (χ0v) is 11.4. The minimum Gasteiger partial charge on any atom is -0.371 e. The standard InChI is InChI=1S/C15H21N3O/c1-17-6-4-11-2-3-14(8-13(11)9-17)18-7-5-12(10-18)15(16)19/h2-3,8,12H,4-7,9-10H2,1H3,(H2,16,19). The zero-order chi connectivity index (χ0) is 13.4. The summed E-state index contributed by atoms with van der Waals surface area (Å²) in [5, 5.41) is 0. The molecule has 2 heterocycles. The van der Waals surface area contributed by atoms with Gasteiger partial charge in [0, 0.05) is 31.9 Å². The van der Waals surface area contributed by atoms with E-state index in [1.54, 1.807) is 0 Å². The van der Waals surface area contributed by atoms with Gasteiger partial charge in [0.15, 0.2) is 0 Å². The summed E-state index contributed by atoms with van der Waals surface area (Å²) in [4.78, 5) is 15.9. The van der Waals surface area contributed by atoms with Crippen LogP contribution in [0.3, 0.4) is 0 Å². The number of carbonyl (C=O) groups excluding carboxylic acids is 1. The fraction of sp³-hybridized carbons (Fsp3) is 0.533. The molecular weight excluding hydrogens is 238 g/mol. The van der Waals surface area contributed by atoms with Crippen molar-refractivity contribution in [3.8, 4) is 0 Å². The third-order valence-electron chi connectivity index (χ3n) is 4.35. The average Bonchev–Trinajstić information content (AvgIpc) is 2.87.